The summed E-state index contributed by atoms with van der Waals surface area (Å²) >= 11 is 11.6. The minimum absolute atomic E-state index is 0.131. The molecular weight excluding hydrogens is 335 g/mol. The van der Waals surface area contributed by atoms with Crippen molar-refractivity contribution in [3.63, 3.8) is 0 Å². The van der Waals surface area contributed by atoms with E-state index >= 15 is 0 Å². The molecule has 0 aliphatic carbocycles. The zero-order valence-corrected chi connectivity index (χ0v) is 14.9. The van der Waals surface area contributed by atoms with Gasteiger partial charge in [-0.2, -0.15) is 5.26 Å². The number of hydrogen-bond acceptors (Lipinski definition) is 4. The lowest BCUT2D eigenvalue weighted by Crippen LogP contribution is -2.21. The molecule has 0 radical (unpaired) electrons. The average Bonchev–Trinajstić information content (AvgIpc) is 2.53. The first-order chi connectivity index (χ1) is 11.2. The fourth-order valence-corrected chi connectivity index (χ4v) is 1.82. The van der Waals surface area contributed by atoms with Crippen molar-refractivity contribution >= 4 is 29.2 Å². The summed E-state index contributed by atoms with van der Waals surface area (Å²) in [7, 11) is 0. The molecular formula is C16H20Cl2N4O. The SMILES string of the molecule is C/C=C\C=C/COC(=NCc1cc(Cl)nc(Cl)c1)NC#N.CC. The number of allylic oxidation sites excluding steroid dienone is 3. The Morgan fingerprint density at radius 3 is 2.57 bits per heavy atom. The summed E-state index contributed by atoms with van der Waals surface area (Å²) in [6, 6.07) is 3.42. The number of ether oxygens (including phenoxy) is 1. The third-order valence-electron chi connectivity index (χ3n) is 2.15. The molecule has 0 saturated heterocycles. The van der Waals surface area contributed by atoms with E-state index in [9.17, 15) is 0 Å². The largest absolute Gasteiger partial charge is 0.460 e. The van der Waals surface area contributed by atoms with Crippen molar-refractivity contribution in [3.8, 4) is 6.19 Å². The molecule has 0 spiro atoms. The van der Waals surface area contributed by atoms with Crippen LogP contribution in [-0.4, -0.2) is 17.6 Å². The molecule has 1 N–H and O–H groups in total. The number of aliphatic imine (C=N–C) groups is 1. The predicted octanol–water partition coefficient (Wildman–Crippen LogP) is 4.49. The highest BCUT2D eigenvalue weighted by Gasteiger charge is 2.01. The van der Waals surface area contributed by atoms with Crippen LogP contribution >= 0.6 is 23.2 Å². The lowest BCUT2D eigenvalue weighted by atomic mass is 10.3. The van der Waals surface area contributed by atoms with Gasteiger partial charge in [-0.1, -0.05) is 55.3 Å². The van der Waals surface area contributed by atoms with Crippen LogP contribution in [0.1, 0.15) is 26.3 Å². The van der Waals surface area contributed by atoms with Gasteiger partial charge >= 0.3 is 0 Å². The lowest BCUT2D eigenvalue weighted by Gasteiger charge is -2.05. The first-order valence-corrected chi connectivity index (χ1v) is 7.83. The topological polar surface area (TPSA) is 70.3 Å². The predicted molar refractivity (Wildman–Crippen MR) is 95.4 cm³/mol. The van der Waals surface area contributed by atoms with E-state index in [1.54, 1.807) is 24.4 Å². The normalized spacial score (nSPS) is 11.0. The van der Waals surface area contributed by atoms with E-state index in [-0.39, 0.29) is 22.9 Å². The Morgan fingerprint density at radius 1 is 1.35 bits per heavy atom. The molecule has 0 bridgehead atoms. The molecule has 7 heteroatoms. The summed E-state index contributed by atoms with van der Waals surface area (Å²) in [5.74, 6) is 0. The zero-order valence-electron chi connectivity index (χ0n) is 13.4. The van der Waals surface area contributed by atoms with Crippen LogP contribution in [0.25, 0.3) is 0 Å². The number of rotatable bonds is 5. The molecule has 0 amide bonds. The highest BCUT2D eigenvalue weighted by Crippen LogP contribution is 2.15. The van der Waals surface area contributed by atoms with E-state index in [0.717, 1.165) is 5.56 Å². The number of amidine groups is 1. The van der Waals surface area contributed by atoms with E-state index in [1.807, 2.05) is 39.0 Å². The maximum atomic E-state index is 8.66. The maximum Gasteiger partial charge on any atom is 0.298 e. The quantitative estimate of drug-likeness (QED) is 0.211. The second-order valence-corrected chi connectivity index (χ2v) is 4.52. The van der Waals surface area contributed by atoms with Crippen LogP contribution < -0.4 is 5.32 Å². The van der Waals surface area contributed by atoms with Gasteiger partial charge in [-0.3, -0.25) is 0 Å². The Hall–Kier alpha value is -2.03. The molecule has 124 valence electrons. The molecule has 1 aromatic heterocycles. The summed E-state index contributed by atoms with van der Waals surface area (Å²) < 4.78 is 5.33. The molecule has 0 fully saturated rings. The summed E-state index contributed by atoms with van der Waals surface area (Å²) in [5, 5.41) is 11.6. The van der Waals surface area contributed by atoms with Crippen LogP contribution in [0.15, 0.2) is 41.4 Å². The second-order valence-electron chi connectivity index (χ2n) is 3.74. The fraction of sp³-hybridized carbons (Fsp3) is 0.312. The maximum absolute atomic E-state index is 8.66. The van der Waals surface area contributed by atoms with Crippen LogP contribution in [0.2, 0.25) is 10.3 Å². The number of aromatic nitrogens is 1. The number of pyridine rings is 1. The smallest absolute Gasteiger partial charge is 0.298 e. The van der Waals surface area contributed by atoms with Crippen molar-refractivity contribution in [2.75, 3.05) is 6.61 Å². The standard InChI is InChI=1S/C14H14Cl2N4O.C2H6/c1-2-3-4-5-6-21-14(19-10-17)18-9-11-7-12(15)20-13(16)8-11;1-2/h2-5,7-8H,6,9H2,1H3,(H,18,19);1-2H3/b3-2-,5-4-;. The minimum atomic E-state index is 0.131. The van der Waals surface area contributed by atoms with Crippen molar-refractivity contribution in [2.45, 2.75) is 27.3 Å². The molecule has 0 saturated carbocycles. The molecule has 0 aliphatic heterocycles. The number of nitrogens with one attached hydrogen (secondary N) is 1. The fourth-order valence-electron chi connectivity index (χ4n) is 1.31. The van der Waals surface area contributed by atoms with Gasteiger partial charge in [-0.25, -0.2) is 15.3 Å². The Kier molecular flexibility index (Phi) is 12.4. The van der Waals surface area contributed by atoms with Gasteiger partial charge in [-0.05, 0) is 30.7 Å². The molecule has 1 aromatic rings. The van der Waals surface area contributed by atoms with Gasteiger partial charge in [-0.15, -0.1) is 0 Å². The van der Waals surface area contributed by atoms with E-state index in [2.05, 4.69) is 15.3 Å². The molecule has 0 aromatic carbocycles. The van der Waals surface area contributed by atoms with Crippen molar-refractivity contribution < 1.29 is 4.74 Å². The van der Waals surface area contributed by atoms with Crippen LogP contribution in [-0.2, 0) is 11.3 Å². The van der Waals surface area contributed by atoms with Crippen molar-refractivity contribution in [1.29, 1.82) is 5.26 Å². The lowest BCUT2D eigenvalue weighted by molar-refractivity contribution is 0.335. The van der Waals surface area contributed by atoms with Gasteiger partial charge in [0.15, 0.2) is 6.19 Å². The van der Waals surface area contributed by atoms with Crippen LogP contribution in [0.5, 0.6) is 0 Å². The molecule has 0 aliphatic rings. The molecule has 23 heavy (non-hydrogen) atoms. The minimum Gasteiger partial charge on any atom is -0.460 e. The monoisotopic (exact) mass is 354 g/mol. The molecule has 0 unspecified atom stereocenters. The molecule has 0 atom stereocenters. The van der Waals surface area contributed by atoms with Crippen LogP contribution in [0.3, 0.4) is 0 Å². The van der Waals surface area contributed by atoms with Gasteiger partial charge in [0.05, 0.1) is 6.54 Å². The van der Waals surface area contributed by atoms with Gasteiger partial charge in [0.25, 0.3) is 6.02 Å². The van der Waals surface area contributed by atoms with Crippen LogP contribution in [0, 0.1) is 11.5 Å². The highest BCUT2D eigenvalue weighted by atomic mass is 35.5. The first kappa shape index (κ1) is 21.0. The summed E-state index contributed by atoms with van der Waals surface area (Å²) in [5.41, 5.74) is 0.769. The number of nitrogens with zero attached hydrogens (tertiary/aromatic N) is 3. The van der Waals surface area contributed by atoms with Crippen LogP contribution in [0.4, 0.5) is 0 Å². The number of hydrogen-bond donors (Lipinski definition) is 1. The third-order valence-corrected chi connectivity index (χ3v) is 2.53. The summed E-state index contributed by atoms with van der Waals surface area (Å²) in [4.78, 5) is 7.99. The van der Waals surface area contributed by atoms with E-state index in [4.69, 9.17) is 33.2 Å². The zero-order chi connectivity index (χ0) is 17.5. The van der Waals surface area contributed by atoms with E-state index < -0.39 is 0 Å². The van der Waals surface area contributed by atoms with Gasteiger partial charge in [0.2, 0.25) is 0 Å². The summed E-state index contributed by atoms with van der Waals surface area (Å²) in [6.45, 7) is 6.49. The Bertz CT molecular complexity index is 572. The highest BCUT2D eigenvalue weighted by molar-refractivity contribution is 6.32. The first-order valence-electron chi connectivity index (χ1n) is 7.08. The Morgan fingerprint density at radius 2 is 2.00 bits per heavy atom. The third kappa shape index (κ3) is 10.3. The average molecular weight is 355 g/mol. The van der Waals surface area contributed by atoms with E-state index in [1.165, 1.54) is 0 Å². The van der Waals surface area contributed by atoms with Crippen molar-refractivity contribution in [3.05, 3.63) is 52.3 Å². The Balaban J connectivity index is 0.00000232. The van der Waals surface area contributed by atoms with Gasteiger partial charge in [0.1, 0.15) is 16.9 Å². The molecule has 1 rings (SSSR count). The molecule has 5 nitrogen and oxygen atoms in total. The van der Waals surface area contributed by atoms with Gasteiger partial charge in [0, 0.05) is 0 Å². The number of nitriles is 1. The van der Waals surface area contributed by atoms with Gasteiger partial charge < -0.3 is 4.74 Å². The van der Waals surface area contributed by atoms with E-state index in [0.29, 0.717) is 6.61 Å². The molecule has 1 heterocycles. The van der Waals surface area contributed by atoms with Crippen molar-refractivity contribution in [1.82, 2.24) is 10.3 Å². The Labute approximate surface area is 147 Å². The number of halogens is 2. The summed E-state index contributed by atoms with van der Waals surface area (Å²) in [6.07, 6.45) is 9.18. The van der Waals surface area contributed by atoms with Crippen molar-refractivity contribution in [2.24, 2.45) is 4.99 Å². The second kappa shape index (κ2) is 13.6.